The lowest BCUT2D eigenvalue weighted by Gasteiger charge is -2.12. The van der Waals surface area contributed by atoms with Crippen molar-refractivity contribution in [3.8, 4) is 0 Å². The van der Waals surface area contributed by atoms with Gasteiger partial charge in [0.05, 0.1) is 29.1 Å². The smallest absolute Gasteiger partial charge is 0.274 e. The number of aromatic nitrogens is 1. The summed E-state index contributed by atoms with van der Waals surface area (Å²) in [6, 6.07) is 4.25. The number of halogens is 3. The molecule has 0 saturated carbocycles. The van der Waals surface area contributed by atoms with E-state index in [0.717, 1.165) is 6.07 Å². The van der Waals surface area contributed by atoms with Crippen molar-refractivity contribution in [2.45, 2.75) is 12.5 Å². The lowest BCUT2D eigenvalue weighted by molar-refractivity contribution is 0.102. The molecule has 0 spiro atoms. The molecule has 2 N–H and O–H groups in total. The molecular weight excluding hydrogens is 371 g/mol. The zero-order chi connectivity index (χ0) is 18.9. The summed E-state index contributed by atoms with van der Waals surface area (Å²) in [5.41, 5.74) is -0.0459. The molecule has 1 aromatic heterocycles. The van der Waals surface area contributed by atoms with Crippen molar-refractivity contribution in [1.82, 2.24) is 4.98 Å². The van der Waals surface area contributed by atoms with Crippen molar-refractivity contribution in [3.05, 3.63) is 53.6 Å². The van der Waals surface area contributed by atoms with Gasteiger partial charge in [0, 0.05) is 6.04 Å². The first kappa shape index (κ1) is 18.2. The van der Waals surface area contributed by atoms with Crippen molar-refractivity contribution < 1.29 is 26.4 Å². The molecule has 0 aliphatic carbocycles. The van der Waals surface area contributed by atoms with Gasteiger partial charge in [-0.05, 0) is 30.7 Å². The van der Waals surface area contributed by atoms with Gasteiger partial charge in [0.15, 0.2) is 27.3 Å². The Morgan fingerprint density at radius 3 is 2.50 bits per heavy atom. The molecule has 0 radical (unpaired) electrons. The molecule has 1 saturated heterocycles. The molecule has 138 valence electrons. The number of carbonyl (C=O) groups is 1. The standard InChI is InChI=1S/C16H14F3N3O3S/c17-11-2-4-12(15(19)14(11)18)22-16(23)13-3-1-9(7-20-13)21-10-5-6-26(24,25)8-10/h1-4,7,10,21H,5-6,8H2,(H,22,23). The van der Waals surface area contributed by atoms with Crippen LogP contribution in [-0.2, 0) is 9.84 Å². The number of sulfone groups is 1. The summed E-state index contributed by atoms with van der Waals surface area (Å²) in [5.74, 6) is -5.18. The number of nitrogens with one attached hydrogen (secondary N) is 2. The van der Waals surface area contributed by atoms with Crippen LogP contribution in [0.25, 0.3) is 0 Å². The third-order valence-corrected chi connectivity index (χ3v) is 5.65. The molecule has 26 heavy (non-hydrogen) atoms. The zero-order valence-corrected chi connectivity index (χ0v) is 14.1. The predicted molar refractivity (Wildman–Crippen MR) is 89.2 cm³/mol. The second-order valence-electron chi connectivity index (χ2n) is 5.85. The van der Waals surface area contributed by atoms with Crippen LogP contribution < -0.4 is 10.6 Å². The number of nitrogens with zero attached hydrogens (tertiary/aromatic N) is 1. The summed E-state index contributed by atoms with van der Waals surface area (Å²) in [4.78, 5) is 16.0. The van der Waals surface area contributed by atoms with Crippen molar-refractivity contribution in [3.63, 3.8) is 0 Å². The normalized spacial score (nSPS) is 18.5. The number of hydrogen-bond donors (Lipinski definition) is 2. The lowest BCUT2D eigenvalue weighted by atomic mass is 10.2. The van der Waals surface area contributed by atoms with Crippen LogP contribution in [0.15, 0.2) is 30.5 Å². The Balaban J connectivity index is 1.67. The molecule has 0 bridgehead atoms. The average Bonchev–Trinajstić information content (AvgIpc) is 2.94. The summed E-state index contributed by atoms with van der Waals surface area (Å²) in [5, 5.41) is 5.13. The Morgan fingerprint density at radius 1 is 1.12 bits per heavy atom. The van der Waals surface area contributed by atoms with Crippen molar-refractivity contribution in [2.24, 2.45) is 0 Å². The highest BCUT2D eigenvalue weighted by atomic mass is 32.2. The lowest BCUT2D eigenvalue weighted by Crippen LogP contribution is -2.21. The minimum absolute atomic E-state index is 0.0324. The van der Waals surface area contributed by atoms with Gasteiger partial charge >= 0.3 is 0 Å². The highest BCUT2D eigenvalue weighted by molar-refractivity contribution is 7.91. The molecule has 1 aromatic carbocycles. The second-order valence-corrected chi connectivity index (χ2v) is 8.08. The number of hydrogen-bond acceptors (Lipinski definition) is 5. The maximum Gasteiger partial charge on any atom is 0.274 e. The van der Waals surface area contributed by atoms with Gasteiger partial charge < -0.3 is 10.6 Å². The van der Waals surface area contributed by atoms with E-state index in [1.165, 1.54) is 18.3 Å². The quantitative estimate of drug-likeness (QED) is 0.789. The summed E-state index contributed by atoms with van der Waals surface area (Å²) in [7, 11) is -3.02. The van der Waals surface area contributed by atoms with Gasteiger partial charge in [-0.3, -0.25) is 4.79 Å². The molecule has 3 rings (SSSR count). The molecule has 1 atom stereocenters. The Kier molecular flexibility index (Phi) is 4.86. The summed E-state index contributed by atoms with van der Waals surface area (Å²) < 4.78 is 62.5. The van der Waals surface area contributed by atoms with Crippen LogP contribution in [0.2, 0.25) is 0 Å². The van der Waals surface area contributed by atoms with Crippen LogP contribution in [-0.4, -0.2) is 36.9 Å². The van der Waals surface area contributed by atoms with Crippen LogP contribution in [0.1, 0.15) is 16.9 Å². The van der Waals surface area contributed by atoms with Gasteiger partial charge in [-0.2, -0.15) is 0 Å². The summed E-state index contributed by atoms with van der Waals surface area (Å²) >= 11 is 0. The Bertz CT molecular complexity index is 949. The fraction of sp³-hybridized carbons (Fsp3) is 0.250. The van der Waals surface area contributed by atoms with E-state index < -0.39 is 38.9 Å². The van der Waals surface area contributed by atoms with E-state index in [0.29, 0.717) is 18.2 Å². The minimum Gasteiger partial charge on any atom is -0.380 e. The molecule has 10 heteroatoms. The highest BCUT2D eigenvalue weighted by Crippen LogP contribution is 2.21. The van der Waals surface area contributed by atoms with Gasteiger partial charge in [-0.15, -0.1) is 0 Å². The van der Waals surface area contributed by atoms with E-state index in [-0.39, 0.29) is 23.2 Å². The first-order valence-corrected chi connectivity index (χ1v) is 9.45. The number of carbonyl (C=O) groups excluding carboxylic acids is 1. The number of anilines is 2. The molecule has 1 aliphatic heterocycles. The molecule has 2 heterocycles. The van der Waals surface area contributed by atoms with Crippen molar-refractivity contribution in [2.75, 3.05) is 22.1 Å². The van der Waals surface area contributed by atoms with Crippen molar-refractivity contribution >= 4 is 27.1 Å². The van der Waals surface area contributed by atoms with Crippen LogP contribution in [0.4, 0.5) is 24.5 Å². The topological polar surface area (TPSA) is 88.2 Å². The minimum atomic E-state index is -3.02. The molecule has 2 aromatic rings. The molecular formula is C16H14F3N3O3S. The van der Waals surface area contributed by atoms with E-state index in [2.05, 4.69) is 15.6 Å². The number of pyridine rings is 1. The first-order chi connectivity index (χ1) is 12.2. The van der Waals surface area contributed by atoms with Gasteiger partial charge in [0.2, 0.25) is 0 Å². The maximum absolute atomic E-state index is 13.6. The molecule has 1 amide bonds. The Labute approximate surface area is 147 Å². The van der Waals surface area contributed by atoms with Crippen LogP contribution >= 0.6 is 0 Å². The van der Waals surface area contributed by atoms with Gasteiger partial charge in [-0.1, -0.05) is 0 Å². The molecule has 1 unspecified atom stereocenters. The number of benzene rings is 1. The monoisotopic (exact) mass is 385 g/mol. The van der Waals surface area contributed by atoms with E-state index >= 15 is 0 Å². The van der Waals surface area contributed by atoms with Crippen LogP contribution in [0.5, 0.6) is 0 Å². The fourth-order valence-corrected chi connectivity index (χ4v) is 4.24. The number of amides is 1. The first-order valence-electron chi connectivity index (χ1n) is 7.63. The SMILES string of the molecule is O=C(Nc1ccc(F)c(F)c1F)c1ccc(NC2CCS(=O)(=O)C2)cn1. The predicted octanol–water partition coefficient (Wildman–Crippen LogP) is 2.35. The van der Waals surface area contributed by atoms with Gasteiger partial charge in [0.1, 0.15) is 5.69 Å². The van der Waals surface area contributed by atoms with E-state index in [9.17, 15) is 26.4 Å². The summed E-state index contributed by atoms with van der Waals surface area (Å²) in [6.45, 7) is 0. The van der Waals surface area contributed by atoms with Gasteiger partial charge in [-0.25, -0.2) is 26.6 Å². The highest BCUT2D eigenvalue weighted by Gasteiger charge is 2.27. The van der Waals surface area contributed by atoms with Crippen LogP contribution in [0, 0.1) is 17.5 Å². The van der Waals surface area contributed by atoms with Crippen molar-refractivity contribution in [1.29, 1.82) is 0 Å². The summed E-state index contributed by atoms with van der Waals surface area (Å²) in [6.07, 6.45) is 1.82. The third-order valence-electron chi connectivity index (χ3n) is 3.88. The fourth-order valence-electron chi connectivity index (χ4n) is 2.57. The number of rotatable bonds is 4. The molecule has 1 fully saturated rings. The van der Waals surface area contributed by atoms with Gasteiger partial charge in [0.25, 0.3) is 5.91 Å². The average molecular weight is 385 g/mol. The second kappa shape index (κ2) is 6.94. The molecule has 6 nitrogen and oxygen atoms in total. The maximum atomic E-state index is 13.6. The molecule has 1 aliphatic rings. The largest absolute Gasteiger partial charge is 0.380 e. The Morgan fingerprint density at radius 2 is 1.88 bits per heavy atom. The third kappa shape index (κ3) is 3.96. The zero-order valence-electron chi connectivity index (χ0n) is 13.3. The van der Waals surface area contributed by atoms with E-state index in [1.807, 2.05) is 0 Å². The van der Waals surface area contributed by atoms with Crippen LogP contribution in [0.3, 0.4) is 0 Å². The Hall–Kier alpha value is -2.62. The van der Waals surface area contributed by atoms with E-state index in [4.69, 9.17) is 0 Å². The van der Waals surface area contributed by atoms with E-state index in [1.54, 1.807) is 0 Å².